The monoisotopic (exact) mass is 216 g/mol. The molecule has 0 bridgehead atoms. The second-order valence-electron chi connectivity index (χ2n) is 4.94. The average molecular weight is 216 g/mol. The molecule has 2 aromatic rings. The molecule has 0 saturated heterocycles. The second-order valence-corrected chi connectivity index (χ2v) is 4.94. The molecule has 0 aliphatic heterocycles. The van der Waals surface area contributed by atoms with Crippen LogP contribution in [0.3, 0.4) is 0 Å². The van der Waals surface area contributed by atoms with Crippen molar-refractivity contribution in [2.24, 2.45) is 0 Å². The molecule has 2 rings (SSSR count). The molecule has 1 heterocycles. The molecule has 0 saturated carbocycles. The Hall–Kier alpha value is -1.71. The zero-order chi connectivity index (χ0) is 11.8. The fraction of sp³-hybridized carbons (Fsp3) is 0.417. The van der Waals surface area contributed by atoms with Gasteiger partial charge in [0.2, 0.25) is 5.82 Å². The summed E-state index contributed by atoms with van der Waals surface area (Å²) in [6.07, 6.45) is 0. The molecule has 0 amide bonds. The van der Waals surface area contributed by atoms with E-state index >= 15 is 0 Å². The van der Waals surface area contributed by atoms with Gasteiger partial charge in [0.15, 0.2) is 0 Å². The second kappa shape index (κ2) is 3.70. The van der Waals surface area contributed by atoms with Gasteiger partial charge in [-0.3, -0.25) is 0 Å². The average Bonchev–Trinajstić information content (AvgIpc) is 2.65. The topological polar surface area (TPSA) is 43.6 Å². The molecule has 0 unspecified atom stereocenters. The Morgan fingerprint density at radius 3 is 2.50 bits per heavy atom. The Morgan fingerprint density at radius 1 is 1.19 bits per heavy atom. The highest BCUT2D eigenvalue weighted by Crippen LogP contribution is 2.17. The Morgan fingerprint density at radius 2 is 1.94 bits per heavy atom. The summed E-state index contributed by atoms with van der Waals surface area (Å²) in [4.78, 5) is 1.64. The number of rotatable bonds is 1. The van der Waals surface area contributed by atoms with E-state index in [-0.39, 0.29) is 5.54 Å². The van der Waals surface area contributed by atoms with Crippen LogP contribution in [0.1, 0.15) is 26.3 Å². The number of hydrogen-bond acceptors (Lipinski definition) is 3. The molecule has 0 atom stereocenters. The standard InChI is InChI=1S/C12H16N4/c1-9-6-5-7-10(8-9)11-13-15-16(14-11)12(2,3)4/h5-8H,1-4H3. The molecule has 16 heavy (non-hydrogen) atoms. The molecule has 4 heteroatoms. The van der Waals surface area contributed by atoms with Crippen LogP contribution in [-0.4, -0.2) is 20.2 Å². The SMILES string of the molecule is Cc1cccc(-c2nnn(C(C)(C)C)n2)c1. The van der Waals surface area contributed by atoms with Gasteiger partial charge in [-0.1, -0.05) is 23.8 Å². The third-order valence-corrected chi connectivity index (χ3v) is 2.29. The molecule has 1 aromatic heterocycles. The highest BCUT2D eigenvalue weighted by Gasteiger charge is 2.17. The van der Waals surface area contributed by atoms with E-state index in [0.717, 1.165) is 5.56 Å². The van der Waals surface area contributed by atoms with Crippen LogP contribution in [0.4, 0.5) is 0 Å². The zero-order valence-corrected chi connectivity index (χ0v) is 10.1. The van der Waals surface area contributed by atoms with Gasteiger partial charge >= 0.3 is 0 Å². The van der Waals surface area contributed by atoms with Crippen molar-refractivity contribution < 1.29 is 0 Å². The molecule has 4 nitrogen and oxygen atoms in total. The molecule has 1 aromatic carbocycles. The lowest BCUT2D eigenvalue weighted by molar-refractivity contribution is 0.306. The van der Waals surface area contributed by atoms with Crippen molar-refractivity contribution in [2.75, 3.05) is 0 Å². The Kier molecular flexibility index (Phi) is 2.50. The molecular formula is C12H16N4. The van der Waals surface area contributed by atoms with E-state index in [1.807, 2.05) is 12.1 Å². The van der Waals surface area contributed by atoms with Crippen LogP contribution < -0.4 is 0 Å². The Bertz CT molecular complexity index is 494. The van der Waals surface area contributed by atoms with Gasteiger partial charge in [0.05, 0.1) is 5.54 Å². The van der Waals surface area contributed by atoms with E-state index in [2.05, 4.69) is 55.2 Å². The zero-order valence-electron chi connectivity index (χ0n) is 10.1. The highest BCUT2D eigenvalue weighted by atomic mass is 15.6. The summed E-state index contributed by atoms with van der Waals surface area (Å²) in [5.41, 5.74) is 2.08. The van der Waals surface area contributed by atoms with Crippen molar-refractivity contribution >= 4 is 0 Å². The first-order valence-corrected chi connectivity index (χ1v) is 5.34. The molecule has 0 spiro atoms. The minimum absolute atomic E-state index is 0.130. The lowest BCUT2D eigenvalue weighted by Gasteiger charge is -2.15. The quantitative estimate of drug-likeness (QED) is 0.735. The fourth-order valence-corrected chi connectivity index (χ4v) is 1.40. The first kappa shape index (κ1) is 10.8. The predicted octanol–water partition coefficient (Wildman–Crippen LogP) is 2.40. The number of aryl methyl sites for hydroxylation is 1. The summed E-state index contributed by atoms with van der Waals surface area (Å²) in [6, 6.07) is 8.11. The van der Waals surface area contributed by atoms with Crippen molar-refractivity contribution in [3.05, 3.63) is 29.8 Å². The summed E-state index contributed by atoms with van der Waals surface area (Å²) < 4.78 is 0. The van der Waals surface area contributed by atoms with Crippen molar-refractivity contribution in [1.82, 2.24) is 20.2 Å². The first-order valence-electron chi connectivity index (χ1n) is 5.34. The molecule has 0 fully saturated rings. The minimum atomic E-state index is -0.130. The van der Waals surface area contributed by atoms with Gasteiger partial charge in [0, 0.05) is 5.56 Å². The Balaban J connectivity index is 2.39. The lowest BCUT2D eigenvalue weighted by Crippen LogP contribution is -2.24. The number of hydrogen-bond donors (Lipinski definition) is 0. The minimum Gasteiger partial charge on any atom is -0.158 e. The number of tetrazole rings is 1. The smallest absolute Gasteiger partial charge is 0.158 e. The van der Waals surface area contributed by atoms with Gasteiger partial charge in [-0.25, -0.2) is 0 Å². The summed E-state index contributed by atoms with van der Waals surface area (Å²) in [6.45, 7) is 8.20. The molecular weight excluding hydrogens is 200 g/mol. The van der Waals surface area contributed by atoms with Crippen LogP contribution in [-0.2, 0) is 5.54 Å². The maximum absolute atomic E-state index is 4.39. The summed E-state index contributed by atoms with van der Waals surface area (Å²) in [7, 11) is 0. The Labute approximate surface area is 95.3 Å². The van der Waals surface area contributed by atoms with Crippen LogP contribution in [0.5, 0.6) is 0 Å². The maximum atomic E-state index is 4.39. The van der Waals surface area contributed by atoms with Crippen molar-refractivity contribution in [3.63, 3.8) is 0 Å². The molecule has 0 radical (unpaired) electrons. The van der Waals surface area contributed by atoms with E-state index in [4.69, 9.17) is 0 Å². The lowest BCUT2D eigenvalue weighted by atomic mass is 10.1. The van der Waals surface area contributed by atoms with E-state index in [1.54, 1.807) is 4.80 Å². The van der Waals surface area contributed by atoms with E-state index in [9.17, 15) is 0 Å². The van der Waals surface area contributed by atoms with Crippen molar-refractivity contribution in [2.45, 2.75) is 33.2 Å². The van der Waals surface area contributed by atoms with Gasteiger partial charge in [-0.15, -0.1) is 10.2 Å². The van der Waals surface area contributed by atoms with Crippen molar-refractivity contribution in [1.29, 1.82) is 0 Å². The normalized spacial score (nSPS) is 11.8. The summed E-state index contributed by atoms with van der Waals surface area (Å²) in [5, 5.41) is 12.5. The third kappa shape index (κ3) is 2.10. The number of nitrogens with zero attached hydrogens (tertiary/aromatic N) is 4. The van der Waals surface area contributed by atoms with Crippen molar-refractivity contribution in [3.8, 4) is 11.4 Å². The van der Waals surface area contributed by atoms with Gasteiger partial charge in [0.1, 0.15) is 0 Å². The van der Waals surface area contributed by atoms with E-state index in [1.165, 1.54) is 5.56 Å². The number of benzene rings is 1. The molecule has 0 N–H and O–H groups in total. The summed E-state index contributed by atoms with van der Waals surface area (Å²) >= 11 is 0. The van der Waals surface area contributed by atoms with Crippen LogP contribution in [0.25, 0.3) is 11.4 Å². The largest absolute Gasteiger partial charge is 0.204 e. The first-order chi connectivity index (χ1) is 7.47. The van der Waals surface area contributed by atoms with E-state index < -0.39 is 0 Å². The molecule has 0 aliphatic rings. The summed E-state index contributed by atoms with van der Waals surface area (Å²) in [5.74, 6) is 0.679. The third-order valence-electron chi connectivity index (χ3n) is 2.29. The fourth-order valence-electron chi connectivity index (χ4n) is 1.40. The molecule has 0 aliphatic carbocycles. The maximum Gasteiger partial charge on any atom is 0.204 e. The van der Waals surface area contributed by atoms with Crippen LogP contribution in [0, 0.1) is 6.92 Å². The predicted molar refractivity (Wildman–Crippen MR) is 63.0 cm³/mol. The van der Waals surface area contributed by atoms with Crippen LogP contribution >= 0.6 is 0 Å². The number of aromatic nitrogens is 4. The van der Waals surface area contributed by atoms with Gasteiger partial charge in [-0.05, 0) is 39.0 Å². The van der Waals surface area contributed by atoms with Crippen LogP contribution in [0.15, 0.2) is 24.3 Å². The van der Waals surface area contributed by atoms with Gasteiger partial charge in [0.25, 0.3) is 0 Å². The highest BCUT2D eigenvalue weighted by molar-refractivity contribution is 5.54. The van der Waals surface area contributed by atoms with Crippen LogP contribution in [0.2, 0.25) is 0 Å². The van der Waals surface area contributed by atoms with E-state index in [0.29, 0.717) is 5.82 Å². The van der Waals surface area contributed by atoms with Gasteiger partial charge < -0.3 is 0 Å². The van der Waals surface area contributed by atoms with Gasteiger partial charge in [-0.2, -0.15) is 4.80 Å². The molecule has 84 valence electrons.